The number of aromatic nitrogens is 2. The highest BCUT2D eigenvalue weighted by Gasteiger charge is 2.40. The molecule has 0 radical (unpaired) electrons. The third-order valence-electron chi connectivity index (χ3n) is 5.41. The predicted molar refractivity (Wildman–Crippen MR) is 97.1 cm³/mol. The van der Waals surface area contributed by atoms with Crippen molar-refractivity contribution in [1.82, 2.24) is 13.9 Å². The molecule has 1 atom stereocenters. The smallest absolute Gasteiger partial charge is 0.246 e. The van der Waals surface area contributed by atoms with Crippen LogP contribution in [0, 0.1) is 5.82 Å². The Balaban J connectivity index is 1.75. The first-order chi connectivity index (χ1) is 12.4. The van der Waals surface area contributed by atoms with Gasteiger partial charge in [0.1, 0.15) is 10.7 Å². The molecule has 0 amide bonds. The van der Waals surface area contributed by atoms with Gasteiger partial charge >= 0.3 is 0 Å². The summed E-state index contributed by atoms with van der Waals surface area (Å²) in [5.41, 5.74) is 2.27. The van der Waals surface area contributed by atoms with E-state index in [1.165, 1.54) is 28.2 Å². The van der Waals surface area contributed by atoms with Crippen LogP contribution < -0.4 is 0 Å². The van der Waals surface area contributed by atoms with E-state index in [0.717, 1.165) is 43.6 Å². The van der Waals surface area contributed by atoms with Gasteiger partial charge in [0.15, 0.2) is 5.82 Å². The molecule has 0 N–H and O–H groups in total. The Morgan fingerprint density at radius 1 is 1.23 bits per heavy atom. The molecule has 0 saturated carbocycles. The lowest BCUT2D eigenvalue weighted by Gasteiger charge is -2.24. The number of sulfonamides is 1. The van der Waals surface area contributed by atoms with E-state index in [4.69, 9.17) is 16.6 Å². The van der Waals surface area contributed by atoms with Gasteiger partial charge in [-0.25, -0.2) is 17.8 Å². The number of rotatable bonds is 3. The molecule has 2 heterocycles. The van der Waals surface area contributed by atoms with E-state index < -0.39 is 15.8 Å². The highest BCUT2D eigenvalue weighted by molar-refractivity contribution is 7.89. The van der Waals surface area contributed by atoms with Crippen LogP contribution in [-0.2, 0) is 29.9 Å². The van der Waals surface area contributed by atoms with Gasteiger partial charge in [0.2, 0.25) is 10.0 Å². The molecule has 1 unspecified atom stereocenters. The standard InChI is InChI=1S/C18H21ClFN3O2S/c1-22-14-8-3-2-7-13(14)21-18(22)15-9-5-11-23(15)26(24,25)16-10-4-6-12(19)17(16)20/h4,6,10,15H,2-3,5,7-9,11H2,1H3. The number of hydrogen-bond acceptors (Lipinski definition) is 3. The fourth-order valence-electron chi connectivity index (χ4n) is 4.10. The summed E-state index contributed by atoms with van der Waals surface area (Å²) in [6, 6.07) is 3.72. The zero-order valence-electron chi connectivity index (χ0n) is 14.6. The fraction of sp³-hybridized carbons (Fsp3) is 0.500. The molecule has 1 saturated heterocycles. The first-order valence-electron chi connectivity index (χ1n) is 8.91. The van der Waals surface area contributed by atoms with Crippen molar-refractivity contribution in [1.29, 1.82) is 0 Å². The van der Waals surface area contributed by atoms with Crippen LogP contribution in [0.2, 0.25) is 5.02 Å². The van der Waals surface area contributed by atoms with E-state index >= 15 is 0 Å². The zero-order chi connectivity index (χ0) is 18.5. The van der Waals surface area contributed by atoms with Crippen LogP contribution in [0.5, 0.6) is 0 Å². The lowest BCUT2D eigenvalue weighted by atomic mass is 10.0. The maximum absolute atomic E-state index is 14.4. The van der Waals surface area contributed by atoms with Crippen LogP contribution in [0.15, 0.2) is 23.1 Å². The molecule has 8 heteroatoms. The normalized spacial score (nSPS) is 21.1. The Bertz CT molecular complexity index is 958. The molecule has 0 bridgehead atoms. The summed E-state index contributed by atoms with van der Waals surface area (Å²) < 4.78 is 44.1. The van der Waals surface area contributed by atoms with Crippen LogP contribution in [0.1, 0.15) is 48.9 Å². The van der Waals surface area contributed by atoms with E-state index in [1.807, 2.05) is 11.6 Å². The molecule has 1 fully saturated rings. The number of fused-ring (bicyclic) bond motifs is 1. The summed E-state index contributed by atoms with van der Waals surface area (Å²) in [7, 11) is -2.03. The third-order valence-corrected chi connectivity index (χ3v) is 7.63. The van der Waals surface area contributed by atoms with Crippen LogP contribution in [0.25, 0.3) is 0 Å². The van der Waals surface area contributed by atoms with E-state index in [-0.39, 0.29) is 16.0 Å². The van der Waals surface area contributed by atoms with Gasteiger partial charge in [-0.15, -0.1) is 0 Å². The Morgan fingerprint density at radius 3 is 2.77 bits per heavy atom. The summed E-state index contributed by atoms with van der Waals surface area (Å²) in [5, 5.41) is -0.186. The van der Waals surface area contributed by atoms with Gasteiger partial charge in [-0.3, -0.25) is 0 Å². The summed E-state index contributed by atoms with van der Waals surface area (Å²) in [6.07, 6.45) is 5.57. The third kappa shape index (κ3) is 2.77. The molecule has 4 rings (SSSR count). The maximum atomic E-state index is 14.4. The summed E-state index contributed by atoms with van der Waals surface area (Å²) in [6.45, 7) is 0.358. The Labute approximate surface area is 157 Å². The monoisotopic (exact) mass is 397 g/mol. The van der Waals surface area contributed by atoms with Crippen molar-refractivity contribution in [2.75, 3.05) is 6.54 Å². The van der Waals surface area contributed by atoms with Crippen molar-refractivity contribution in [3.8, 4) is 0 Å². The first-order valence-corrected chi connectivity index (χ1v) is 10.7. The van der Waals surface area contributed by atoms with Crippen molar-refractivity contribution in [3.05, 3.63) is 46.3 Å². The minimum atomic E-state index is -3.99. The Kier molecular flexibility index (Phi) is 4.57. The maximum Gasteiger partial charge on any atom is 0.246 e. The molecule has 1 aromatic heterocycles. The predicted octanol–water partition coefficient (Wildman–Crippen LogP) is 3.62. The van der Waals surface area contributed by atoms with Gasteiger partial charge < -0.3 is 4.57 Å². The number of halogens is 2. The lowest BCUT2D eigenvalue weighted by molar-refractivity contribution is 0.374. The number of benzene rings is 1. The summed E-state index contributed by atoms with van der Waals surface area (Å²) in [5.74, 6) is -0.126. The second kappa shape index (κ2) is 6.62. The van der Waals surface area contributed by atoms with Crippen molar-refractivity contribution >= 4 is 21.6 Å². The van der Waals surface area contributed by atoms with E-state index in [9.17, 15) is 12.8 Å². The number of aryl methyl sites for hydroxylation is 1. The second-order valence-corrected chi connectivity index (χ2v) is 9.22. The van der Waals surface area contributed by atoms with Gasteiger partial charge in [0, 0.05) is 19.3 Å². The Hall–Kier alpha value is -1.44. The number of nitrogens with zero attached hydrogens (tertiary/aromatic N) is 3. The zero-order valence-corrected chi connectivity index (χ0v) is 16.2. The molecule has 1 aliphatic heterocycles. The average Bonchev–Trinajstić information content (AvgIpc) is 3.23. The summed E-state index contributed by atoms with van der Waals surface area (Å²) >= 11 is 5.80. The van der Waals surface area contributed by atoms with Crippen LogP contribution in [0.3, 0.4) is 0 Å². The molecule has 26 heavy (non-hydrogen) atoms. The van der Waals surface area contributed by atoms with E-state index in [1.54, 1.807) is 0 Å². The van der Waals surface area contributed by atoms with Crippen LogP contribution >= 0.6 is 11.6 Å². The van der Waals surface area contributed by atoms with Gasteiger partial charge in [-0.05, 0) is 50.7 Å². The highest BCUT2D eigenvalue weighted by Crippen LogP contribution is 2.38. The summed E-state index contributed by atoms with van der Waals surface area (Å²) in [4.78, 5) is 4.40. The van der Waals surface area contributed by atoms with Gasteiger partial charge in [0.05, 0.1) is 16.8 Å². The number of imidazole rings is 1. The fourth-order valence-corrected chi connectivity index (χ4v) is 6.07. The number of hydrogen-bond donors (Lipinski definition) is 0. The molecule has 5 nitrogen and oxygen atoms in total. The molecule has 140 valence electrons. The molecular weight excluding hydrogens is 377 g/mol. The SMILES string of the molecule is Cn1c(C2CCCN2S(=O)(=O)c2cccc(Cl)c2F)nc2c1CCCC2. The largest absolute Gasteiger partial charge is 0.333 e. The molecule has 1 aromatic carbocycles. The van der Waals surface area contributed by atoms with Gasteiger partial charge in [-0.1, -0.05) is 17.7 Å². The van der Waals surface area contributed by atoms with Crippen molar-refractivity contribution in [2.24, 2.45) is 7.05 Å². The van der Waals surface area contributed by atoms with Crippen LogP contribution in [0.4, 0.5) is 4.39 Å². The van der Waals surface area contributed by atoms with E-state index in [0.29, 0.717) is 13.0 Å². The lowest BCUT2D eigenvalue weighted by Crippen LogP contribution is -2.32. The minimum Gasteiger partial charge on any atom is -0.333 e. The molecule has 1 aliphatic carbocycles. The van der Waals surface area contributed by atoms with Crippen molar-refractivity contribution < 1.29 is 12.8 Å². The average molecular weight is 398 g/mol. The second-order valence-electron chi connectivity index (χ2n) is 6.96. The van der Waals surface area contributed by atoms with Crippen molar-refractivity contribution in [3.63, 3.8) is 0 Å². The van der Waals surface area contributed by atoms with E-state index in [2.05, 4.69) is 0 Å². The highest BCUT2D eigenvalue weighted by atomic mass is 35.5. The van der Waals surface area contributed by atoms with Gasteiger partial charge in [0.25, 0.3) is 0 Å². The minimum absolute atomic E-state index is 0.186. The quantitative estimate of drug-likeness (QED) is 0.794. The topological polar surface area (TPSA) is 55.2 Å². The Morgan fingerprint density at radius 2 is 2.00 bits per heavy atom. The van der Waals surface area contributed by atoms with Crippen LogP contribution in [-0.4, -0.2) is 28.8 Å². The molecular formula is C18H21ClFN3O2S. The molecule has 0 spiro atoms. The van der Waals surface area contributed by atoms with Crippen molar-refractivity contribution in [2.45, 2.75) is 49.5 Å². The van der Waals surface area contributed by atoms with Gasteiger partial charge in [-0.2, -0.15) is 4.31 Å². The molecule has 2 aliphatic rings. The first kappa shape index (κ1) is 17.9. The molecule has 2 aromatic rings.